The first-order valence-corrected chi connectivity index (χ1v) is 8.94. The van der Waals surface area contributed by atoms with E-state index in [0.717, 1.165) is 33.2 Å². The number of aromatic hydroxyl groups is 1. The zero-order valence-electron chi connectivity index (χ0n) is 12.8. The van der Waals surface area contributed by atoms with Gasteiger partial charge in [-0.25, -0.2) is 4.98 Å². The van der Waals surface area contributed by atoms with E-state index in [0.29, 0.717) is 8.95 Å². The van der Waals surface area contributed by atoms with Crippen molar-refractivity contribution in [1.82, 2.24) is 4.98 Å². The number of hydrogen-bond donors (Lipinski definition) is 2. The Kier molecular flexibility index (Phi) is 5.18. The molecule has 4 rings (SSSR count). The molecule has 1 heterocycles. The van der Waals surface area contributed by atoms with E-state index < -0.39 is 0 Å². The zero-order chi connectivity index (χ0) is 16.7. The molecule has 126 valence electrons. The van der Waals surface area contributed by atoms with Crippen LogP contribution in [0.3, 0.4) is 0 Å². The second kappa shape index (κ2) is 7.20. The maximum absolute atomic E-state index is 9.91. The van der Waals surface area contributed by atoms with Gasteiger partial charge in [0, 0.05) is 16.5 Å². The fourth-order valence-corrected chi connectivity index (χ4v) is 3.94. The summed E-state index contributed by atoms with van der Waals surface area (Å²) in [7, 11) is 0. The van der Waals surface area contributed by atoms with Crippen LogP contribution < -0.4 is 5.32 Å². The molecule has 0 aliphatic heterocycles. The normalized spacial score (nSPS) is 10.6. The van der Waals surface area contributed by atoms with Crippen LogP contribution in [-0.4, -0.2) is 10.1 Å². The second-order valence-electron chi connectivity index (χ2n) is 5.43. The highest BCUT2D eigenvalue weighted by Crippen LogP contribution is 2.38. The summed E-state index contributed by atoms with van der Waals surface area (Å²) in [5, 5.41) is 15.5. The number of phenolic OH excluding ortho intramolecular Hbond substituents is 1. The van der Waals surface area contributed by atoms with E-state index in [4.69, 9.17) is 4.98 Å². The van der Waals surface area contributed by atoms with Gasteiger partial charge in [0.1, 0.15) is 5.75 Å². The largest absolute Gasteiger partial charge is 0.506 e. The summed E-state index contributed by atoms with van der Waals surface area (Å²) in [4.78, 5) is 4.73. The van der Waals surface area contributed by atoms with Crippen LogP contribution >= 0.6 is 44.3 Å². The van der Waals surface area contributed by atoms with Gasteiger partial charge in [0.25, 0.3) is 0 Å². The third kappa shape index (κ3) is 3.32. The summed E-state index contributed by atoms with van der Waals surface area (Å²) < 4.78 is 1.25. The predicted octanol–water partition coefficient (Wildman–Crippen LogP) is 6.78. The van der Waals surface area contributed by atoms with Gasteiger partial charge in [0.15, 0.2) is 0 Å². The molecular formula is C19H13Br2ClN2O. The Morgan fingerprint density at radius 3 is 1.80 bits per heavy atom. The molecule has 2 N–H and O–H groups in total. The van der Waals surface area contributed by atoms with Crippen LogP contribution in [0.1, 0.15) is 0 Å². The van der Waals surface area contributed by atoms with Crippen molar-refractivity contribution in [1.29, 1.82) is 0 Å². The number of fused-ring (bicyclic) bond motifs is 2. The molecule has 25 heavy (non-hydrogen) atoms. The van der Waals surface area contributed by atoms with Gasteiger partial charge in [0.2, 0.25) is 0 Å². The van der Waals surface area contributed by atoms with Gasteiger partial charge in [-0.05, 0) is 56.1 Å². The minimum atomic E-state index is 0. The van der Waals surface area contributed by atoms with Crippen molar-refractivity contribution in [2.24, 2.45) is 0 Å². The molecule has 1 aromatic heterocycles. The first-order chi connectivity index (χ1) is 11.6. The molecule has 0 saturated heterocycles. The Morgan fingerprint density at radius 1 is 0.800 bits per heavy atom. The highest BCUT2D eigenvalue weighted by molar-refractivity contribution is 9.11. The Labute approximate surface area is 167 Å². The van der Waals surface area contributed by atoms with E-state index in [9.17, 15) is 5.11 Å². The lowest BCUT2D eigenvalue weighted by atomic mass is 10.1. The number of nitrogens with zero attached hydrogens (tertiary/aromatic N) is 1. The Balaban J connectivity index is 0.00000182. The third-order valence-electron chi connectivity index (χ3n) is 3.87. The Morgan fingerprint density at radius 2 is 1.28 bits per heavy atom. The summed E-state index contributed by atoms with van der Waals surface area (Å²) in [6, 6.07) is 19.8. The number of para-hydroxylation sites is 2. The lowest BCUT2D eigenvalue weighted by Crippen LogP contribution is -1.95. The number of aromatic nitrogens is 1. The standard InChI is InChI=1S/C19H12Br2N2O.ClH/c20-14-9-11(10-15(21)19(14)24)22-18-12-5-1-3-7-16(12)23-17-8-4-2-6-13(17)18;/h1-10,24H,(H,22,23);1H. The van der Waals surface area contributed by atoms with Crippen LogP contribution in [0.5, 0.6) is 5.75 Å². The molecule has 0 aliphatic carbocycles. The molecule has 0 amide bonds. The van der Waals surface area contributed by atoms with Crippen molar-refractivity contribution in [3.8, 4) is 5.75 Å². The molecule has 0 bridgehead atoms. The smallest absolute Gasteiger partial charge is 0.144 e. The number of hydrogen-bond acceptors (Lipinski definition) is 3. The van der Waals surface area contributed by atoms with Gasteiger partial charge >= 0.3 is 0 Å². The topological polar surface area (TPSA) is 45.1 Å². The number of anilines is 2. The molecule has 4 aromatic rings. The van der Waals surface area contributed by atoms with Gasteiger partial charge in [-0.15, -0.1) is 12.4 Å². The monoisotopic (exact) mass is 478 g/mol. The Bertz CT molecular complexity index is 1010. The van der Waals surface area contributed by atoms with Crippen LogP contribution in [0.2, 0.25) is 0 Å². The van der Waals surface area contributed by atoms with Crippen LogP contribution in [0.25, 0.3) is 21.8 Å². The number of halogens is 3. The van der Waals surface area contributed by atoms with Crippen molar-refractivity contribution in [3.63, 3.8) is 0 Å². The van der Waals surface area contributed by atoms with E-state index in [1.807, 2.05) is 48.5 Å². The van der Waals surface area contributed by atoms with E-state index in [1.165, 1.54) is 0 Å². The second-order valence-corrected chi connectivity index (χ2v) is 7.14. The van der Waals surface area contributed by atoms with Gasteiger partial charge in [-0.1, -0.05) is 36.4 Å². The molecule has 3 nitrogen and oxygen atoms in total. The van der Waals surface area contributed by atoms with Crippen molar-refractivity contribution < 1.29 is 5.11 Å². The fraction of sp³-hybridized carbons (Fsp3) is 0. The molecule has 0 unspecified atom stereocenters. The van der Waals surface area contributed by atoms with E-state index in [-0.39, 0.29) is 18.2 Å². The van der Waals surface area contributed by atoms with Crippen molar-refractivity contribution >= 4 is 77.4 Å². The summed E-state index contributed by atoms with van der Waals surface area (Å²) in [6.07, 6.45) is 0. The van der Waals surface area contributed by atoms with Gasteiger partial charge in [-0.3, -0.25) is 0 Å². The van der Waals surface area contributed by atoms with E-state index in [1.54, 1.807) is 0 Å². The zero-order valence-corrected chi connectivity index (χ0v) is 16.8. The lowest BCUT2D eigenvalue weighted by molar-refractivity contribution is 0.468. The number of phenols is 1. The molecule has 0 fully saturated rings. The number of rotatable bonds is 2. The summed E-state index contributed by atoms with van der Waals surface area (Å²) in [5.41, 5.74) is 3.75. The lowest BCUT2D eigenvalue weighted by Gasteiger charge is -2.14. The number of nitrogens with one attached hydrogen (secondary N) is 1. The molecular weight excluding hydrogens is 467 g/mol. The maximum Gasteiger partial charge on any atom is 0.144 e. The average Bonchev–Trinajstić information content (AvgIpc) is 2.59. The highest BCUT2D eigenvalue weighted by Gasteiger charge is 2.11. The summed E-state index contributed by atoms with van der Waals surface area (Å²) >= 11 is 6.75. The van der Waals surface area contributed by atoms with Crippen molar-refractivity contribution in [2.75, 3.05) is 5.32 Å². The summed E-state index contributed by atoms with van der Waals surface area (Å²) in [5.74, 6) is 0.185. The van der Waals surface area contributed by atoms with E-state index >= 15 is 0 Å². The number of benzene rings is 3. The fourth-order valence-electron chi connectivity index (χ4n) is 2.76. The first-order valence-electron chi connectivity index (χ1n) is 7.36. The highest BCUT2D eigenvalue weighted by atomic mass is 79.9. The van der Waals surface area contributed by atoms with Crippen molar-refractivity contribution in [3.05, 3.63) is 69.6 Å². The van der Waals surface area contributed by atoms with Crippen LogP contribution in [0.4, 0.5) is 11.4 Å². The minimum Gasteiger partial charge on any atom is -0.506 e. The molecule has 0 spiro atoms. The summed E-state index contributed by atoms with van der Waals surface area (Å²) in [6.45, 7) is 0. The number of pyridine rings is 1. The van der Waals surface area contributed by atoms with Crippen molar-refractivity contribution in [2.45, 2.75) is 0 Å². The minimum absolute atomic E-state index is 0. The molecule has 0 aliphatic rings. The molecule has 3 aromatic carbocycles. The van der Waals surface area contributed by atoms with Gasteiger partial charge in [0.05, 0.1) is 25.7 Å². The van der Waals surface area contributed by atoms with Gasteiger partial charge in [-0.2, -0.15) is 0 Å². The SMILES string of the molecule is Cl.Oc1c(Br)cc(Nc2c3ccccc3nc3ccccc23)cc1Br. The average molecular weight is 481 g/mol. The maximum atomic E-state index is 9.91. The molecule has 6 heteroatoms. The van der Waals surface area contributed by atoms with Crippen LogP contribution in [-0.2, 0) is 0 Å². The van der Waals surface area contributed by atoms with Crippen LogP contribution in [0.15, 0.2) is 69.6 Å². The van der Waals surface area contributed by atoms with E-state index in [2.05, 4.69) is 49.3 Å². The molecule has 0 saturated carbocycles. The third-order valence-corrected chi connectivity index (χ3v) is 5.08. The molecule has 0 atom stereocenters. The first kappa shape index (κ1) is 18.0. The van der Waals surface area contributed by atoms with Crippen LogP contribution in [0, 0.1) is 0 Å². The molecule has 0 radical (unpaired) electrons. The predicted molar refractivity (Wildman–Crippen MR) is 113 cm³/mol. The quantitative estimate of drug-likeness (QED) is 0.245. The Hall–Kier alpha value is -1.82. The van der Waals surface area contributed by atoms with Gasteiger partial charge < -0.3 is 10.4 Å².